The predicted molar refractivity (Wildman–Crippen MR) is 95.8 cm³/mol. The standard InChI is InChI=1S/C19H23N3O3/c1-24-16-7-3-14(13-17(16)25-2)4-8-18(23)20-9-11-22-12-10-21-19(22)15-5-6-15/h3-4,7-8,10,12-13,15H,5-6,9,11H2,1-2H3,(H,20,23)/b8-4+. The van der Waals surface area contributed by atoms with Crippen LogP contribution in [0.15, 0.2) is 36.7 Å². The average molecular weight is 341 g/mol. The van der Waals surface area contributed by atoms with Gasteiger partial charge in [0.2, 0.25) is 5.91 Å². The number of carbonyl (C=O) groups excluding carboxylic acids is 1. The minimum absolute atomic E-state index is 0.122. The van der Waals surface area contributed by atoms with Crippen LogP contribution in [0.2, 0.25) is 0 Å². The number of benzene rings is 1. The molecule has 1 fully saturated rings. The molecule has 0 atom stereocenters. The summed E-state index contributed by atoms with van der Waals surface area (Å²) in [4.78, 5) is 16.4. The molecule has 6 heteroatoms. The van der Waals surface area contributed by atoms with Crippen molar-refractivity contribution in [2.24, 2.45) is 0 Å². The van der Waals surface area contributed by atoms with Crippen molar-refractivity contribution in [3.05, 3.63) is 48.1 Å². The minimum Gasteiger partial charge on any atom is -0.493 e. The lowest BCUT2D eigenvalue weighted by Gasteiger charge is -2.08. The Morgan fingerprint density at radius 2 is 2.12 bits per heavy atom. The Balaban J connectivity index is 1.50. The summed E-state index contributed by atoms with van der Waals surface area (Å²) >= 11 is 0. The molecule has 0 bridgehead atoms. The smallest absolute Gasteiger partial charge is 0.244 e. The van der Waals surface area contributed by atoms with Gasteiger partial charge >= 0.3 is 0 Å². The summed E-state index contributed by atoms with van der Waals surface area (Å²) in [6, 6.07) is 5.52. The molecule has 1 saturated carbocycles. The van der Waals surface area contributed by atoms with Crippen molar-refractivity contribution in [1.29, 1.82) is 0 Å². The maximum absolute atomic E-state index is 12.0. The number of rotatable bonds is 8. The van der Waals surface area contributed by atoms with Gasteiger partial charge in [0.1, 0.15) is 5.82 Å². The van der Waals surface area contributed by atoms with Gasteiger partial charge in [0.05, 0.1) is 14.2 Å². The molecule has 0 radical (unpaired) electrons. The first-order valence-corrected chi connectivity index (χ1v) is 8.40. The van der Waals surface area contributed by atoms with Crippen LogP contribution in [-0.4, -0.2) is 36.2 Å². The van der Waals surface area contributed by atoms with E-state index in [-0.39, 0.29) is 5.91 Å². The first kappa shape index (κ1) is 17.1. The number of aromatic nitrogens is 2. The highest BCUT2D eigenvalue weighted by molar-refractivity contribution is 5.91. The van der Waals surface area contributed by atoms with Crippen LogP contribution in [0.25, 0.3) is 6.08 Å². The summed E-state index contributed by atoms with van der Waals surface area (Å²) in [5.41, 5.74) is 0.874. The van der Waals surface area contributed by atoms with Gasteiger partial charge in [-0.25, -0.2) is 4.98 Å². The van der Waals surface area contributed by atoms with Crippen LogP contribution in [0.4, 0.5) is 0 Å². The molecule has 2 aromatic rings. The molecule has 1 heterocycles. The second-order valence-corrected chi connectivity index (χ2v) is 5.99. The molecule has 1 aromatic carbocycles. The molecule has 25 heavy (non-hydrogen) atoms. The number of nitrogens with one attached hydrogen (secondary N) is 1. The third-order valence-electron chi connectivity index (χ3n) is 4.18. The van der Waals surface area contributed by atoms with E-state index in [4.69, 9.17) is 9.47 Å². The van der Waals surface area contributed by atoms with Crippen molar-refractivity contribution >= 4 is 12.0 Å². The second kappa shape index (κ2) is 7.88. The Labute approximate surface area is 147 Å². The van der Waals surface area contributed by atoms with E-state index in [1.165, 1.54) is 18.9 Å². The van der Waals surface area contributed by atoms with Crippen molar-refractivity contribution in [2.75, 3.05) is 20.8 Å². The predicted octanol–water partition coefficient (Wildman–Crippen LogP) is 2.61. The first-order valence-electron chi connectivity index (χ1n) is 8.40. The van der Waals surface area contributed by atoms with Crippen molar-refractivity contribution < 1.29 is 14.3 Å². The van der Waals surface area contributed by atoms with Gasteiger partial charge in [-0.2, -0.15) is 0 Å². The fourth-order valence-corrected chi connectivity index (χ4v) is 2.70. The summed E-state index contributed by atoms with van der Waals surface area (Å²) in [5, 5.41) is 2.90. The number of hydrogen-bond acceptors (Lipinski definition) is 4. The van der Waals surface area contributed by atoms with E-state index in [9.17, 15) is 4.79 Å². The van der Waals surface area contributed by atoms with Crippen LogP contribution >= 0.6 is 0 Å². The van der Waals surface area contributed by atoms with E-state index in [1.54, 1.807) is 20.3 Å². The van der Waals surface area contributed by atoms with Gasteiger partial charge in [-0.15, -0.1) is 0 Å². The van der Waals surface area contributed by atoms with E-state index in [0.717, 1.165) is 17.9 Å². The molecule has 1 aromatic heterocycles. The van der Waals surface area contributed by atoms with E-state index in [2.05, 4.69) is 14.9 Å². The molecular formula is C19H23N3O3. The summed E-state index contributed by atoms with van der Waals surface area (Å²) < 4.78 is 12.6. The highest BCUT2D eigenvalue weighted by atomic mass is 16.5. The molecule has 132 valence electrons. The zero-order valence-electron chi connectivity index (χ0n) is 14.6. The number of methoxy groups -OCH3 is 2. The van der Waals surface area contributed by atoms with Crippen LogP contribution < -0.4 is 14.8 Å². The van der Waals surface area contributed by atoms with Crippen LogP contribution in [0.5, 0.6) is 11.5 Å². The van der Waals surface area contributed by atoms with Gasteiger partial charge in [-0.1, -0.05) is 6.07 Å². The summed E-state index contributed by atoms with van der Waals surface area (Å²) in [6.07, 6.45) is 9.52. The van der Waals surface area contributed by atoms with Crippen LogP contribution in [0.1, 0.15) is 30.1 Å². The summed E-state index contributed by atoms with van der Waals surface area (Å²) in [6.45, 7) is 1.31. The fraction of sp³-hybridized carbons (Fsp3) is 0.368. The molecule has 3 rings (SSSR count). The Morgan fingerprint density at radius 3 is 2.84 bits per heavy atom. The first-order chi connectivity index (χ1) is 12.2. The summed E-state index contributed by atoms with van der Waals surface area (Å²) in [5.74, 6) is 2.92. The lowest BCUT2D eigenvalue weighted by molar-refractivity contribution is -0.116. The largest absolute Gasteiger partial charge is 0.493 e. The van der Waals surface area contributed by atoms with E-state index in [0.29, 0.717) is 24.0 Å². The van der Waals surface area contributed by atoms with Gasteiger partial charge in [0.15, 0.2) is 11.5 Å². The van der Waals surface area contributed by atoms with Crippen LogP contribution in [0, 0.1) is 0 Å². The van der Waals surface area contributed by atoms with Gasteiger partial charge in [-0.3, -0.25) is 4.79 Å². The average Bonchev–Trinajstić information content (AvgIpc) is 3.38. The topological polar surface area (TPSA) is 65.4 Å². The minimum atomic E-state index is -0.122. The molecule has 0 unspecified atom stereocenters. The van der Waals surface area contributed by atoms with Gasteiger partial charge < -0.3 is 19.4 Å². The van der Waals surface area contributed by atoms with Crippen molar-refractivity contribution in [3.63, 3.8) is 0 Å². The normalized spacial score (nSPS) is 13.8. The third kappa shape index (κ3) is 4.41. The zero-order chi connectivity index (χ0) is 17.6. The number of nitrogens with zero attached hydrogens (tertiary/aromatic N) is 2. The lowest BCUT2D eigenvalue weighted by atomic mass is 10.2. The number of carbonyl (C=O) groups is 1. The van der Waals surface area contributed by atoms with E-state index < -0.39 is 0 Å². The van der Waals surface area contributed by atoms with E-state index in [1.807, 2.05) is 30.6 Å². The number of hydrogen-bond donors (Lipinski definition) is 1. The molecule has 0 saturated heterocycles. The van der Waals surface area contributed by atoms with E-state index >= 15 is 0 Å². The molecule has 0 aliphatic heterocycles. The van der Waals surface area contributed by atoms with Crippen LogP contribution in [-0.2, 0) is 11.3 Å². The molecule has 0 spiro atoms. The molecule has 1 N–H and O–H groups in total. The Bertz CT molecular complexity index is 763. The maximum atomic E-state index is 12.0. The van der Waals surface area contributed by atoms with Crippen molar-refractivity contribution in [3.8, 4) is 11.5 Å². The quantitative estimate of drug-likeness (QED) is 0.750. The van der Waals surface area contributed by atoms with Crippen molar-refractivity contribution in [1.82, 2.24) is 14.9 Å². The fourth-order valence-electron chi connectivity index (χ4n) is 2.70. The van der Waals surface area contributed by atoms with Crippen LogP contribution in [0.3, 0.4) is 0 Å². The monoisotopic (exact) mass is 341 g/mol. The zero-order valence-corrected chi connectivity index (χ0v) is 14.6. The number of amides is 1. The molecule has 6 nitrogen and oxygen atoms in total. The molecule has 1 aliphatic carbocycles. The molecule has 1 aliphatic rings. The SMILES string of the molecule is COc1ccc(/C=C/C(=O)NCCn2ccnc2C2CC2)cc1OC. The van der Waals surface area contributed by atoms with Gasteiger partial charge in [0.25, 0.3) is 0 Å². The van der Waals surface area contributed by atoms with Gasteiger partial charge in [0, 0.05) is 37.5 Å². The van der Waals surface area contributed by atoms with Gasteiger partial charge in [-0.05, 0) is 36.6 Å². The van der Waals surface area contributed by atoms with Crippen molar-refractivity contribution in [2.45, 2.75) is 25.3 Å². The highest BCUT2D eigenvalue weighted by Crippen LogP contribution is 2.38. The molecular weight excluding hydrogens is 318 g/mol. The highest BCUT2D eigenvalue weighted by Gasteiger charge is 2.27. The maximum Gasteiger partial charge on any atom is 0.244 e. The third-order valence-corrected chi connectivity index (χ3v) is 4.18. The number of imidazole rings is 1. The Hall–Kier alpha value is -2.76. The number of ether oxygens (including phenoxy) is 2. The summed E-state index contributed by atoms with van der Waals surface area (Å²) in [7, 11) is 3.18. The molecule has 1 amide bonds. The lowest BCUT2D eigenvalue weighted by Crippen LogP contribution is -2.25. The Kier molecular flexibility index (Phi) is 5.38. The second-order valence-electron chi connectivity index (χ2n) is 5.99. The Morgan fingerprint density at radius 1 is 1.32 bits per heavy atom.